The molecule has 0 N–H and O–H groups in total. The van der Waals surface area contributed by atoms with Crippen molar-refractivity contribution in [2.75, 3.05) is 7.11 Å². The summed E-state index contributed by atoms with van der Waals surface area (Å²) >= 11 is 0. The van der Waals surface area contributed by atoms with E-state index in [0.717, 1.165) is 73.0 Å². The van der Waals surface area contributed by atoms with Gasteiger partial charge < -0.3 is 26.7 Å². The molecule has 0 unspecified atom stereocenters. The third-order valence-electron chi connectivity index (χ3n) is 7.57. The van der Waals surface area contributed by atoms with E-state index in [1.807, 2.05) is 72.8 Å². The van der Waals surface area contributed by atoms with Crippen molar-refractivity contribution in [3.8, 4) is 11.5 Å². The van der Waals surface area contributed by atoms with Gasteiger partial charge in [0.25, 0.3) is 0 Å². The molecule has 0 amide bonds. The molecule has 0 radical (unpaired) electrons. The lowest BCUT2D eigenvalue weighted by Gasteiger charge is -2.20. The number of benzene rings is 5. The van der Waals surface area contributed by atoms with E-state index >= 15 is 0 Å². The van der Waals surface area contributed by atoms with Gasteiger partial charge in [-0.3, -0.25) is 0 Å². The summed E-state index contributed by atoms with van der Waals surface area (Å²) in [6.45, 7) is 0. The number of rotatable bonds is 6. The summed E-state index contributed by atoms with van der Waals surface area (Å²) in [6, 6.07) is 47.2. The van der Waals surface area contributed by atoms with Crippen LogP contribution in [0.15, 0.2) is 150 Å². The number of para-hydroxylation sites is 2. The minimum atomic E-state index is -6.00. The Balaban J connectivity index is 0.000000749. The number of hydrogen-bond donors (Lipinski definition) is 0. The number of ether oxygens (including phenoxy) is 2. The summed E-state index contributed by atoms with van der Waals surface area (Å²) in [4.78, 5) is 0. The number of allylic oxidation sites excluding steroid dienone is 2. The van der Waals surface area contributed by atoms with E-state index in [0.29, 0.717) is 0 Å². The second-order valence-corrected chi connectivity index (χ2v) is 10.8. The summed E-state index contributed by atoms with van der Waals surface area (Å²) in [7, 11) is -4.32. The van der Waals surface area contributed by atoms with Crippen LogP contribution in [0.2, 0.25) is 0 Å². The van der Waals surface area contributed by atoms with E-state index in [2.05, 4.69) is 85.0 Å². The van der Waals surface area contributed by atoms with Crippen LogP contribution in [0.25, 0.3) is 40.0 Å². The van der Waals surface area contributed by atoms with Crippen LogP contribution in [0.1, 0.15) is 33.6 Å². The van der Waals surface area contributed by atoms with Gasteiger partial charge in [0, 0.05) is 22.8 Å². The van der Waals surface area contributed by atoms with E-state index in [1.54, 1.807) is 7.11 Å². The zero-order valence-electron chi connectivity index (χ0n) is 25.8. The highest BCUT2D eigenvalue weighted by atomic mass is 19.5. The lowest BCUT2D eigenvalue weighted by Crippen LogP contribution is -2.03. The first-order chi connectivity index (χ1) is 23.2. The van der Waals surface area contributed by atoms with Gasteiger partial charge in [0.2, 0.25) is 0 Å². The number of halogens is 4. The van der Waals surface area contributed by atoms with Crippen LogP contribution in [0.4, 0.5) is 17.3 Å². The lowest BCUT2D eigenvalue weighted by atomic mass is 9.95. The predicted octanol–water partition coefficient (Wildman–Crippen LogP) is 11.6. The van der Waals surface area contributed by atoms with E-state index in [9.17, 15) is 17.3 Å². The fourth-order valence-electron chi connectivity index (χ4n) is 5.43. The van der Waals surface area contributed by atoms with Gasteiger partial charge in [-0.05, 0) is 58.7 Å². The molecule has 6 aromatic rings. The summed E-state index contributed by atoms with van der Waals surface area (Å²) in [5, 5.41) is 1.04. The molecule has 8 heteroatoms. The highest BCUT2D eigenvalue weighted by molar-refractivity contribution is 6.50. The number of methoxy groups -OCH3 is 1. The highest BCUT2D eigenvalue weighted by Crippen LogP contribution is 2.39. The van der Waals surface area contributed by atoms with Crippen molar-refractivity contribution >= 4 is 47.3 Å². The number of hydrogen-bond acceptors (Lipinski definition) is 2. The Hall–Kier alpha value is -5.89. The molecule has 1 aliphatic rings. The quantitative estimate of drug-likeness (QED) is 0.103. The molecular weight excluding hydrogens is 615 g/mol. The van der Waals surface area contributed by atoms with E-state index in [4.69, 9.17) is 13.9 Å². The van der Waals surface area contributed by atoms with Gasteiger partial charge in [-0.1, -0.05) is 103 Å². The lowest BCUT2D eigenvalue weighted by molar-refractivity contribution is 0.368. The average Bonchev–Trinajstić information content (AvgIpc) is 3.11. The zero-order chi connectivity index (χ0) is 33.5. The molecule has 1 aromatic heterocycles. The molecule has 0 aliphatic carbocycles. The Labute approximate surface area is 275 Å². The fraction of sp³-hybridized carbons (Fsp3) is 0.0250. The van der Waals surface area contributed by atoms with Gasteiger partial charge in [-0.15, -0.1) is 0 Å². The Morgan fingerprint density at radius 2 is 1.31 bits per heavy atom. The average molecular weight is 644 g/mol. The third kappa shape index (κ3) is 7.90. The third-order valence-corrected chi connectivity index (χ3v) is 7.57. The maximum Gasteiger partial charge on any atom is 0.673 e. The van der Waals surface area contributed by atoms with Crippen molar-refractivity contribution in [1.82, 2.24) is 0 Å². The largest absolute Gasteiger partial charge is 0.673 e. The SMILES string of the molecule is COc1ccc(C(=Cc2cc(C=C3C=C(c4ccccc4)Oc4ccccc43)c3ccccc3[o+]2)c2ccccc2)cc1.F[B-](F)(F)F. The molecule has 1 aliphatic heterocycles. The molecule has 2 heterocycles. The monoisotopic (exact) mass is 644 g/mol. The molecule has 0 fully saturated rings. The van der Waals surface area contributed by atoms with Gasteiger partial charge in [0.05, 0.1) is 24.6 Å². The van der Waals surface area contributed by atoms with E-state index in [-0.39, 0.29) is 0 Å². The molecule has 7 rings (SSSR count). The first kappa shape index (κ1) is 32.1. The summed E-state index contributed by atoms with van der Waals surface area (Å²) in [6.07, 6.45) is 6.47. The molecule has 0 saturated carbocycles. The predicted molar refractivity (Wildman–Crippen MR) is 187 cm³/mol. The van der Waals surface area contributed by atoms with Crippen molar-refractivity contribution in [3.63, 3.8) is 0 Å². The molecule has 0 atom stereocenters. The Bertz CT molecular complexity index is 2120. The van der Waals surface area contributed by atoms with Crippen LogP contribution in [0.3, 0.4) is 0 Å². The second-order valence-electron chi connectivity index (χ2n) is 10.8. The molecule has 48 heavy (non-hydrogen) atoms. The topological polar surface area (TPSA) is 29.8 Å². The van der Waals surface area contributed by atoms with Crippen molar-refractivity contribution in [2.24, 2.45) is 0 Å². The molecule has 5 aromatic carbocycles. The van der Waals surface area contributed by atoms with Crippen LogP contribution < -0.4 is 9.47 Å². The maximum absolute atomic E-state index is 9.75. The normalized spacial score (nSPS) is 13.6. The van der Waals surface area contributed by atoms with Gasteiger partial charge in [0.1, 0.15) is 17.3 Å². The van der Waals surface area contributed by atoms with Gasteiger partial charge in [-0.2, -0.15) is 0 Å². The van der Waals surface area contributed by atoms with Crippen LogP contribution >= 0.6 is 0 Å². The second kappa shape index (κ2) is 14.3. The first-order valence-electron chi connectivity index (χ1n) is 15.2. The standard InChI is InChI=1S/C40H29O3.BF4/c1-41-33-22-20-29(21-23-33)37(28-12-4-2-5-13-28)27-34-25-31(35-16-8-10-18-38(35)42-34)24-32-26-40(30-14-6-3-7-15-30)43-39-19-11-9-17-36(32)39;2-1(3,4)5/h2-27H,1H3;/q+1;-1. The molecule has 238 valence electrons. The minimum absolute atomic E-state index is 0.757. The molecular formula is C40H29BF4O3. The highest BCUT2D eigenvalue weighted by Gasteiger charge is 2.22. The molecule has 3 nitrogen and oxygen atoms in total. The van der Waals surface area contributed by atoms with E-state index < -0.39 is 7.25 Å². The van der Waals surface area contributed by atoms with E-state index in [1.165, 1.54) is 0 Å². The molecule has 0 bridgehead atoms. The number of fused-ring (bicyclic) bond motifs is 2. The Kier molecular flexibility index (Phi) is 9.53. The van der Waals surface area contributed by atoms with Crippen molar-refractivity contribution in [2.45, 2.75) is 0 Å². The fourth-order valence-corrected chi connectivity index (χ4v) is 5.43. The minimum Gasteiger partial charge on any atom is -0.497 e. The van der Waals surface area contributed by atoms with Gasteiger partial charge >= 0.3 is 18.6 Å². The summed E-state index contributed by atoms with van der Waals surface area (Å²) < 4.78 is 57.3. The van der Waals surface area contributed by atoms with Crippen LogP contribution in [-0.2, 0) is 0 Å². The molecule has 0 saturated heterocycles. The zero-order valence-corrected chi connectivity index (χ0v) is 25.8. The van der Waals surface area contributed by atoms with Gasteiger partial charge in [0.15, 0.2) is 0 Å². The van der Waals surface area contributed by atoms with Crippen LogP contribution in [0, 0.1) is 0 Å². The smallest absolute Gasteiger partial charge is 0.497 e. The van der Waals surface area contributed by atoms with Crippen LogP contribution in [-0.4, -0.2) is 14.4 Å². The van der Waals surface area contributed by atoms with Crippen molar-refractivity contribution in [1.29, 1.82) is 0 Å². The van der Waals surface area contributed by atoms with Crippen LogP contribution in [0.5, 0.6) is 11.5 Å². The first-order valence-corrected chi connectivity index (χ1v) is 15.2. The maximum atomic E-state index is 9.75. The van der Waals surface area contributed by atoms with Crippen molar-refractivity contribution in [3.05, 3.63) is 179 Å². The Morgan fingerprint density at radius 1 is 0.708 bits per heavy atom. The summed E-state index contributed by atoms with van der Waals surface area (Å²) in [5.41, 5.74) is 8.27. The Morgan fingerprint density at radius 3 is 2.02 bits per heavy atom. The van der Waals surface area contributed by atoms with Gasteiger partial charge in [-0.25, -0.2) is 4.42 Å². The molecule has 0 spiro atoms. The van der Waals surface area contributed by atoms with Crippen molar-refractivity contribution < 1.29 is 31.2 Å². The summed E-state index contributed by atoms with van der Waals surface area (Å²) in [5.74, 6) is 3.24.